The van der Waals surface area contributed by atoms with Crippen molar-refractivity contribution in [3.05, 3.63) is 29.0 Å². The van der Waals surface area contributed by atoms with Crippen LogP contribution in [0.1, 0.15) is 30.7 Å². The molecule has 0 radical (unpaired) electrons. The van der Waals surface area contributed by atoms with Gasteiger partial charge < -0.3 is 9.15 Å². The molecule has 1 fully saturated rings. The summed E-state index contributed by atoms with van der Waals surface area (Å²) >= 11 is 1.61. The molecule has 1 aliphatic heterocycles. The number of rotatable bonds is 4. The number of nitrogens with zero attached hydrogens (tertiary/aromatic N) is 2. The Labute approximate surface area is 133 Å². The molecule has 3 heterocycles. The predicted octanol–water partition coefficient (Wildman–Crippen LogP) is 3.24. The molecule has 0 N–H and O–H groups in total. The van der Waals surface area contributed by atoms with E-state index in [2.05, 4.69) is 9.88 Å². The summed E-state index contributed by atoms with van der Waals surface area (Å²) in [5, 5.41) is 2.01. The average Bonchev–Trinajstić information content (AvgIpc) is 3.17. The lowest BCUT2D eigenvalue weighted by Gasteiger charge is -2.33. The lowest BCUT2D eigenvalue weighted by atomic mass is 10.0. The molecule has 118 valence electrons. The highest BCUT2D eigenvalue weighted by atomic mass is 32.1. The van der Waals surface area contributed by atoms with Crippen LogP contribution in [0.3, 0.4) is 0 Å². The second kappa shape index (κ2) is 6.62. The lowest BCUT2D eigenvalue weighted by molar-refractivity contribution is -0.148. The molecule has 0 aliphatic carbocycles. The van der Waals surface area contributed by atoms with E-state index in [9.17, 15) is 4.79 Å². The van der Waals surface area contributed by atoms with Gasteiger partial charge in [-0.05, 0) is 37.8 Å². The maximum absolute atomic E-state index is 11.9. The van der Waals surface area contributed by atoms with Crippen LogP contribution in [0.25, 0.3) is 10.8 Å². The van der Waals surface area contributed by atoms with E-state index < -0.39 is 0 Å². The Bertz CT molecular complexity index is 636. The molecule has 3 rings (SSSR count). The van der Waals surface area contributed by atoms with Crippen molar-refractivity contribution in [3.63, 3.8) is 0 Å². The van der Waals surface area contributed by atoms with Crippen LogP contribution in [0.15, 0.2) is 21.9 Å². The van der Waals surface area contributed by atoms with E-state index >= 15 is 0 Å². The third-order valence-corrected chi connectivity index (χ3v) is 4.92. The number of hydrogen-bond acceptors (Lipinski definition) is 6. The number of ether oxygens (including phenoxy) is 1. The van der Waals surface area contributed by atoms with Gasteiger partial charge in [0.2, 0.25) is 5.89 Å². The van der Waals surface area contributed by atoms with Crippen molar-refractivity contribution in [2.75, 3.05) is 13.7 Å². The predicted molar refractivity (Wildman–Crippen MR) is 84.6 cm³/mol. The smallest absolute Gasteiger partial charge is 0.323 e. The van der Waals surface area contributed by atoms with E-state index in [4.69, 9.17) is 9.15 Å². The zero-order chi connectivity index (χ0) is 15.5. The van der Waals surface area contributed by atoms with Crippen LogP contribution in [0.5, 0.6) is 0 Å². The minimum atomic E-state index is -0.167. The molecule has 22 heavy (non-hydrogen) atoms. The zero-order valence-electron chi connectivity index (χ0n) is 12.9. The van der Waals surface area contributed by atoms with Crippen molar-refractivity contribution >= 4 is 17.3 Å². The number of aromatic nitrogens is 1. The largest absolute Gasteiger partial charge is 0.468 e. The SMILES string of the molecule is COC(=O)C1CCCCN1Cc1nc(-c2cccs2)oc1C. The second-order valence-electron chi connectivity index (χ2n) is 5.50. The summed E-state index contributed by atoms with van der Waals surface area (Å²) < 4.78 is 10.7. The zero-order valence-corrected chi connectivity index (χ0v) is 13.7. The Morgan fingerprint density at radius 1 is 1.55 bits per heavy atom. The van der Waals surface area contributed by atoms with E-state index in [-0.39, 0.29) is 12.0 Å². The maximum atomic E-state index is 11.9. The quantitative estimate of drug-likeness (QED) is 0.810. The number of hydrogen-bond donors (Lipinski definition) is 0. The molecule has 2 aromatic rings. The van der Waals surface area contributed by atoms with Crippen molar-refractivity contribution in [1.29, 1.82) is 0 Å². The number of thiophene rings is 1. The summed E-state index contributed by atoms with van der Waals surface area (Å²) in [6.45, 7) is 3.44. The molecular weight excluding hydrogens is 300 g/mol. The molecule has 0 amide bonds. The minimum Gasteiger partial charge on any atom is -0.468 e. The van der Waals surface area contributed by atoms with E-state index in [1.165, 1.54) is 7.11 Å². The van der Waals surface area contributed by atoms with Gasteiger partial charge in [-0.2, -0.15) is 0 Å². The third kappa shape index (κ3) is 3.08. The number of aryl methyl sites for hydroxylation is 1. The van der Waals surface area contributed by atoms with Crippen LogP contribution in [-0.4, -0.2) is 35.5 Å². The van der Waals surface area contributed by atoms with Crippen LogP contribution >= 0.6 is 11.3 Å². The highest BCUT2D eigenvalue weighted by Gasteiger charge is 2.30. The number of oxazole rings is 1. The monoisotopic (exact) mass is 320 g/mol. The van der Waals surface area contributed by atoms with Crippen LogP contribution in [0, 0.1) is 6.92 Å². The van der Waals surface area contributed by atoms with Gasteiger partial charge in [-0.15, -0.1) is 11.3 Å². The summed E-state index contributed by atoms with van der Waals surface area (Å²) in [5.74, 6) is 1.33. The first-order valence-corrected chi connectivity index (χ1v) is 8.39. The number of carbonyl (C=O) groups is 1. The molecule has 6 heteroatoms. The normalized spacial score (nSPS) is 19.3. The first-order chi connectivity index (χ1) is 10.7. The molecule has 0 spiro atoms. The van der Waals surface area contributed by atoms with Crippen molar-refractivity contribution in [3.8, 4) is 10.8 Å². The van der Waals surface area contributed by atoms with Gasteiger partial charge in [0.25, 0.3) is 0 Å². The van der Waals surface area contributed by atoms with Crippen LogP contribution < -0.4 is 0 Å². The second-order valence-corrected chi connectivity index (χ2v) is 6.45. The van der Waals surface area contributed by atoms with E-state index in [1.807, 2.05) is 24.4 Å². The van der Waals surface area contributed by atoms with Crippen LogP contribution in [0.2, 0.25) is 0 Å². The van der Waals surface area contributed by atoms with Gasteiger partial charge >= 0.3 is 5.97 Å². The number of likely N-dealkylation sites (tertiary alicyclic amines) is 1. The third-order valence-electron chi connectivity index (χ3n) is 4.06. The van der Waals surface area contributed by atoms with Crippen LogP contribution in [0.4, 0.5) is 0 Å². The molecule has 5 nitrogen and oxygen atoms in total. The number of esters is 1. The Hall–Kier alpha value is -1.66. The van der Waals surface area contributed by atoms with Gasteiger partial charge in [-0.25, -0.2) is 4.98 Å². The molecule has 2 aromatic heterocycles. The molecule has 1 aliphatic rings. The summed E-state index contributed by atoms with van der Waals surface area (Å²) in [6, 6.07) is 3.81. The summed E-state index contributed by atoms with van der Waals surface area (Å²) in [4.78, 5) is 19.7. The first-order valence-electron chi connectivity index (χ1n) is 7.51. The van der Waals surface area contributed by atoms with E-state index in [0.29, 0.717) is 12.4 Å². The summed E-state index contributed by atoms with van der Waals surface area (Å²) in [7, 11) is 1.45. The van der Waals surface area contributed by atoms with Gasteiger partial charge in [-0.3, -0.25) is 9.69 Å². The standard InChI is InChI=1S/C16H20N2O3S/c1-11-12(17-15(21-11)14-7-5-9-22-14)10-18-8-4-3-6-13(18)16(19)20-2/h5,7,9,13H,3-4,6,8,10H2,1-2H3. The van der Waals surface area contributed by atoms with Gasteiger partial charge in [0.05, 0.1) is 17.7 Å². The van der Waals surface area contributed by atoms with Crippen molar-refractivity contribution < 1.29 is 13.9 Å². The topological polar surface area (TPSA) is 55.6 Å². The van der Waals surface area contributed by atoms with Gasteiger partial charge in [0.1, 0.15) is 11.8 Å². The Balaban J connectivity index is 1.78. The average molecular weight is 320 g/mol. The fourth-order valence-corrected chi connectivity index (χ4v) is 3.50. The lowest BCUT2D eigenvalue weighted by Crippen LogP contribution is -2.44. The van der Waals surface area contributed by atoms with Crippen molar-refractivity contribution in [1.82, 2.24) is 9.88 Å². The van der Waals surface area contributed by atoms with E-state index in [1.54, 1.807) is 11.3 Å². The molecular formula is C16H20N2O3S. The summed E-state index contributed by atoms with van der Waals surface area (Å²) in [5.41, 5.74) is 0.902. The Morgan fingerprint density at radius 2 is 2.41 bits per heavy atom. The highest BCUT2D eigenvalue weighted by Crippen LogP contribution is 2.28. The minimum absolute atomic E-state index is 0.153. The van der Waals surface area contributed by atoms with Gasteiger partial charge in [0.15, 0.2) is 0 Å². The fourth-order valence-electron chi connectivity index (χ4n) is 2.86. The molecule has 0 bridgehead atoms. The number of piperidine rings is 1. The molecule has 0 saturated carbocycles. The Morgan fingerprint density at radius 3 is 3.14 bits per heavy atom. The maximum Gasteiger partial charge on any atom is 0.323 e. The van der Waals surface area contributed by atoms with Crippen molar-refractivity contribution in [2.45, 2.75) is 38.8 Å². The first kappa shape index (κ1) is 15.2. The number of carbonyl (C=O) groups excluding carboxylic acids is 1. The molecule has 1 atom stereocenters. The molecule has 0 aromatic carbocycles. The van der Waals surface area contributed by atoms with Crippen molar-refractivity contribution in [2.24, 2.45) is 0 Å². The van der Waals surface area contributed by atoms with E-state index in [0.717, 1.165) is 42.1 Å². The summed E-state index contributed by atoms with van der Waals surface area (Å²) in [6.07, 6.45) is 3.01. The van der Waals surface area contributed by atoms with Gasteiger partial charge in [0, 0.05) is 6.54 Å². The molecule has 1 saturated heterocycles. The Kier molecular flexibility index (Phi) is 4.59. The fraction of sp³-hybridized carbons (Fsp3) is 0.500. The van der Waals surface area contributed by atoms with Gasteiger partial charge in [-0.1, -0.05) is 12.5 Å². The molecule has 1 unspecified atom stereocenters. The number of methoxy groups -OCH3 is 1. The highest BCUT2D eigenvalue weighted by molar-refractivity contribution is 7.13. The van der Waals surface area contributed by atoms with Crippen LogP contribution in [-0.2, 0) is 16.1 Å².